The third kappa shape index (κ3) is 8.22. The Bertz CT molecular complexity index is 566. The van der Waals surface area contributed by atoms with Crippen LogP contribution in [0.3, 0.4) is 0 Å². The SMILES string of the molecule is B[C@H]1CCC(OP(OCCC#N)N(CC)C(C)C)[C@@H](/C=C/P(=O)(OC)OC)O1. The van der Waals surface area contributed by atoms with Gasteiger partial charge in [-0.15, -0.1) is 0 Å². The molecule has 0 saturated carbocycles. The number of hydrogen-bond donors (Lipinski definition) is 0. The van der Waals surface area contributed by atoms with E-state index in [0.29, 0.717) is 13.0 Å². The van der Waals surface area contributed by atoms with Gasteiger partial charge in [-0.05, 0) is 32.8 Å². The molecule has 1 rings (SSSR count). The van der Waals surface area contributed by atoms with Crippen molar-refractivity contribution >= 4 is 24.0 Å². The van der Waals surface area contributed by atoms with E-state index in [1.54, 1.807) is 6.08 Å². The molecular weight excluding hydrogens is 401 g/mol. The molecule has 0 aromatic carbocycles. The lowest BCUT2D eigenvalue weighted by atomic mass is 9.89. The average molecular weight is 434 g/mol. The molecule has 0 aliphatic carbocycles. The van der Waals surface area contributed by atoms with Gasteiger partial charge in [0.05, 0.1) is 25.2 Å². The van der Waals surface area contributed by atoms with E-state index in [-0.39, 0.29) is 18.1 Å². The summed E-state index contributed by atoms with van der Waals surface area (Å²) >= 11 is 0. The third-order valence-electron chi connectivity index (χ3n) is 4.35. The van der Waals surface area contributed by atoms with E-state index >= 15 is 0 Å². The fourth-order valence-electron chi connectivity index (χ4n) is 2.78. The van der Waals surface area contributed by atoms with Crippen LogP contribution >= 0.6 is 16.1 Å². The van der Waals surface area contributed by atoms with Crippen molar-refractivity contribution in [1.82, 2.24) is 4.67 Å². The van der Waals surface area contributed by atoms with Crippen molar-refractivity contribution in [3.05, 3.63) is 11.9 Å². The van der Waals surface area contributed by atoms with Gasteiger partial charge in [-0.25, -0.2) is 4.67 Å². The summed E-state index contributed by atoms with van der Waals surface area (Å²) in [6.45, 7) is 7.30. The first-order valence-electron chi connectivity index (χ1n) is 9.59. The summed E-state index contributed by atoms with van der Waals surface area (Å²) < 4.78 is 42.7. The van der Waals surface area contributed by atoms with E-state index in [2.05, 4.69) is 31.5 Å². The predicted octanol–water partition coefficient (Wildman–Crippen LogP) is 3.40. The minimum absolute atomic E-state index is 0.0667. The van der Waals surface area contributed by atoms with Crippen LogP contribution in [0.15, 0.2) is 11.9 Å². The van der Waals surface area contributed by atoms with Crippen molar-refractivity contribution in [3.63, 3.8) is 0 Å². The zero-order valence-electron chi connectivity index (χ0n) is 17.7. The number of nitrogens with zero attached hydrogens (tertiary/aromatic N) is 2. The Balaban J connectivity index is 2.96. The van der Waals surface area contributed by atoms with Crippen molar-refractivity contribution in [2.75, 3.05) is 27.4 Å². The smallest absolute Gasteiger partial charge is 0.353 e. The summed E-state index contributed by atoms with van der Waals surface area (Å²) in [6.07, 6.45) is 3.01. The highest BCUT2D eigenvalue weighted by Crippen LogP contribution is 2.50. The molecule has 1 saturated heterocycles. The highest BCUT2D eigenvalue weighted by Gasteiger charge is 2.34. The fourth-order valence-corrected chi connectivity index (χ4v) is 5.19. The molecule has 0 spiro atoms. The minimum Gasteiger partial charge on any atom is -0.377 e. The lowest BCUT2D eigenvalue weighted by Crippen LogP contribution is -2.40. The Kier molecular flexibility index (Phi) is 12.1. The molecule has 0 bridgehead atoms. The molecule has 4 atom stereocenters. The molecule has 0 radical (unpaired) electrons. The number of ether oxygens (including phenoxy) is 1. The maximum absolute atomic E-state index is 12.3. The highest BCUT2D eigenvalue weighted by atomic mass is 31.2. The zero-order valence-corrected chi connectivity index (χ0v) is 19.5. The maximum Gasteiger partial charge on any atom is 0.353 e. The molecule has 160 valence electrons. The molecular formula is C17H33BN2O6P2. The van der Waals surface area contributed by atoms with E-state index in [4.69, 9.17) is 28.1 Å². The largest absolute Gasteiger partial charge is 0.377 e. The Hall–Kier alpha value is -0.285. The maximum atomic E-state index is 12.3. The van der Waals surface area contributed by atoms with Crippen molar-refractivity contribution in [1.29, 1.82) is 5.26 Å². The normalized spacial score (nSPS) is 24.7. The van der Waals surface area contributed by atoms with E-state index in [9.17, 15) is 4.57 Å². The molecule has 1 fully saturated rings. The molecule has 2 unspecified atom stereocenters. The minimum atomic E-state index is -3.28. The number of rotatable bonds is 12. The second kappa shape index (κ2) is 13.1. The average Bonchev–Trinajstić information content (AvgIpc) is 2.68. The van der Waals surface area contributed by atoms with E-state index in [1.807, 2.05) is 7.85 Å². The van der Waals surface area contributed by atoms with Crippen molar-refractivity contribution in [2.24, 2.45) is 0 Å². The van der Waals surface area contributed by atoms with Gasteiger partial charge in [-0.1, -0.05) is 6.92 Å². The topological polar surface area (TPSA) is 90.3 Å². The molecule has 28 heavy (non-hydrogen) atoms. The van der Waals surface area contributed by atoms with Gasteiger partial charge in [0.2, 0.25) is 0 Å². The Labute approximate surface area is 171 Å². The summed E-state index contributed by atoms with van der Waals surface area (Å²) in [5.41, 5.74) is 0. The van der Waals surface area contributed by atoms with Crippen LogP contribution in [-0.4, -0.2) is 64.1 Å². The summed E-state index contributed by atoms with van der Waals surface area (Å²) in [5.74, 6) is 1.42. The predicted molar refractivity (Wildman–Crippen MR) is 113 cm³/mol. The molecule has 0 N–H and O–H groups in total. The molecule has 1 heterocycles. The van der Waals surface area contributed by atoms with Crippen LogP contribution in [0, 0.1) is 11.3 Å². The summed E-state index contributed by atoms with van der Waals surface area (Å²) in [6, 6.07) is 2.39. The summed E-state index contributed by atoms with van der Waals surface area (Å²) in [7, 11) is 0.0632. The first kappa shape index (κ1) is 25.8. The first-order valence-corrected chi connectivity index (χ1v) is 12.3. The molecule has 1 aliphatic rings. The van der Waals surface area contributed by atoms with Gasteiger partial charge in [-0.3, -0.25) is 4.57 Å². The number of hydrogen-bond acceptors (Lipinski definition) is 8. The van der Waals surface area contributed by atoms with Gasteiger partial charge in [0.1, 0.15) is 14.0 Å². The Morgan fingerprint density at radius 2 is 2.07 bits per heavy atom. The summed E-state index contributed by atoms with van der Waals surface area (Å²) in [4.78, 5) is 0. The van der Waals surface area contributed by atoms with Gasteiger partial charge >= 0.3 is 7.60 Å². The zero-order chi connectivity index (χ0) is 21.2. The third-order valence-corrected chi connectivity index (χ3v) is 7.93. The fraction of sp³-hybridized carbons (Fsp3) is 0.824. The lowest BCUT2D eigenvalue weighted by Gasteiger charge is -2.39. The van der Waals surface area contributed by atoms with Crippen molar-refractivity contribution in [2.45, 2.75) is 64.3 Å². The van der Waals surface area contributed by atoms with Crippen LogP contribution in [-0.2, 0) is 27.4 Å². The highest BCUT2D eigenvalue weighted by molar-refractivity contribution is 7.57. The lowest BCUT2D eigenvalue weighted by molar-refractivity contribution is -0.0582. The van der Waals surface area contributed by atoms with Crippen molar-refractivity contribution in [3.8, 4) is 6.07 Å². The molecule has 1 aliphatic heterocycles. The monoisotopic (exact) mass is 434 g/mol. The van der Waals surface area contributed by atoms with E-state index in [0.717, 1.165) is 19.4 Å². The molecule has 0 aromatic rings. The quantitative estimate of drug-likeness (QED) is 0.262. The van der Waals surface area contributed by atoms with E-state index in [1.165, 1.54) is 20.0 Å². The Morgan fingerprint density at radius 1 is 1.39 bits per heavy atom. The molecule has 0 amide bonds. The second-order valence-electron chi connectivity index (χ2n) is 6.71. The number of nitriles is 1. The Morgan fingerprint density at radius 3 is 2.61 bits per heavy atom. The van der Waals surface area contributed by atoms with Crippen LogP contribution in [0.5, 0.6) is 0 Å². The molecule has 0 aromatic heterocycles. The second-order valence-corrected chi connectivity index (χ2v) is 10.3. The van der Waals surface area contributed by atoms with Gasteiger partial charge in [0.25, 0.3) is 8.53 Å². The molecule has 8 nitrogen and oxygen atoms in total. The van der Waals surface area contributed by atoms with E-state index < -0.39 is 22.2 Å². The van der Waals surface area contributed by atoms with Gasteiger partial charge in [0.15, 0.2) is 0 Å². The van der Waals surface area contributed by atoms with Crippen LogP contribution in [0.1, 0.15) is 40.0 Å². The van der Waals surface area contributed by atoms with Gasteiger partial charge in [-0.2, -0.15) is 5.26 Å². The van der Waals surface area contributed by atoms with Crippen LogP contribution in [0.2, 0.25) is 0 Å². The van der Waals surface area contributed by atoms with Crippen LogP contribution < -0.4 is 0 Å². The van der Waals surface area contributed by atoms with Crippen LogP contribution in [0.25, 0.3) is 0 Å². The molecule has 11 heteroatoms. The first-order chi connectivity index (χ1) is 13.3. The van der Waals surface area contributed by atoms with Crippen molar-refractivity contribution < 1.29 is 27.4 Å². The van der Waals surface area contributed by atoms with Gasteiger partial charge < -0.3 is 22.8 Å². The summed E-state index contributed by atoms with van der Waals surface area (Å²) in [5, 5.41) is 8.81. The van der Waals surface area contributed by atoms with Gasteiger partial charge in [0, 0.05) is 38.6 Å². The standard InChI is InChI=1S/C17H33BN2O6P2/c1-6-20(14(2)3)27(24-12-7-11-19)26-16-8-9-17(18)25-15(16)10-13-28(21,22-4)23-5/h10,13-17H,6-9,12,18H2,1-5H3/b13-10+/t15-,16?,17-,27?/m1/s1. The van der Waals surface area contributed by atoms with Crippen LogP contribution in [0.4, 0.5) is 0 Å².